The van der Waals surface area contributed by atoms with Gasteiger partial charge in [-0.3, -0.25) is 14.5 Å². The first-order valence-electron chi connectivity index (χ1n) is 7.73. The van der Waals surface area contributed by atoms with Gasteiger partial charge in [0.15, 0.2) is 0 Å². The topological polar surface area (TPSA) is 78.8 Å². The zero-order valence-electron chi connectivity index (χ0n) is 13.0. The van der Waals surface area contributed by atoms with Crippen LogP contribution in [0.25, 0.3) is 0 Å². The van der Waals surface area contributed by atoms with Crippen molar-refractivity contribution in [3.8, 4) is 0 Å². The van der Waals surface area contributed by atoms with Crippen LogP contribution in [-0.4, -0.2) is 32.7 Å². The van der Waals surface area contributed by atoms with Gasteiger partial charge < -0.3 is 4.90 Å². The summed E-state index contributed by atoms with van der Waals surface area (Å²) in [5.74, 6) is 0.0558. The summed E-state index contributed by atoms with van der Waals surface area (Å²) in [5.41, 5.74) is 1.21. The van der Waals surface area contributed by atoms with E-state index in [9.17, 15) is 13.2 Å². The highest BCUT2D eigenvalue weighted by molar-refractivity contribution is 7.90. The minimum absolute atomic E-state index is 0.168. The van der Waals surface area contributed by atoms with Crippen LogP contribution >= 0.6 is 11.6 Å². The Morgan fingerprint density at radius 2 is 1.96 bits per heavy atom. The molecule has 1 saturated heterocycles. The Morgan fingerprint density at radius 1 is 1.16 bits per heavy atom. The van der Waals surface area contributed by atoms with E-state index >= 15 is 0 Å². The van der Waals surface area contributed by atoms with Gasteiger partial charge in [0.05, 0.1) is 4.90 Å². The van der Waals surface area contributed by atoms with Gasteiger partial charge in [-0.15, -0.1) is 0 Å². The Hall–Kier alpha value is -2.38. The Labute approximate surface area is 150 Å². The zero-order chi connectivity index (χ0) is 17.6. The van der Waals surface area contributed by atoms with Crippen LogP contribution in [0, 0.1) is 0 Å². The molecule has 1 fully saturated rings. The molecule has 8 heteroatoms. The lowest BCUT2D eigenvalue weighted by atomic mass is 10.2. The van der Waals surface area contributed by atoms with Crippen molar-refractivity contribution >= 4 is 39.1 Å². The van der Waals surface area contributed by atoms with Gasteiger partial charge in [0.2, 0.25) is 0 Å². The van der Waals surface area contributed by atoms with Gasteiger partial charge in [0, 0.05) is 22.8 Å². The first kappa shape index (κ1) is 16.1. The second kappa shape index (κ2) is 5.86. The van der Waals surface area contributed by atoms with Crippen LogP contribution in [0.4, 0.5) is 5.69 Å². The lowest BCUT2D eigenvalue weighted by Crippen LogP contribution is -2.30. The third-order valence-electron chi connectivity index (χ3n) is 4.24. The molecular formula is C17H14ClN3O3S. The van der Waals surface area contributed by atoms with Crippen LogP contribution in [0.3, 0.4) is 0 Å². The van der Waals surface area contributed by atoms with E-state index < -0.39 is 16.1 Å². The first-order chi connectivity index (χ1) is 12.0. The number of hydrogen-bond acceptors (Lipinski definition) is 4. The number of amides is 1. The average Bonchev–Trinajstić information content (AvgIpc) is 3.06. The molecule has 1 amide bonds. The molecule has 1 N–H and O–H groups in total. The third kappa shape index (κ3) is 2.79. The summed E-state index contributed by atoms with van der Waals surface area (Å²) in [6.07, 6.45) is 0.513. The van der Waals surface area contributed by atoms with Gasteiger partial charge in [-0.1, -0.05) is 29.8 Å². The minimum atomic E-state index is -3.61. The quantitative estimate of drug-likeness (QED) is 0.873. The minimum Gasteiger partial charge on any atom is -0.310 e. The van der Waals surface area contributed by atoms with Crippen LogP contribution in [0.15, 0.2) is 58.4 Å². The summed E-state index contributed by atoms with van der Waals surface area (Å²) in [6, 6.07) is 13.0. The van der Waals surface area contributed by atoms with Crippen LogP contribution in [-0.2, 0) is 14.8 Å². The van der Waals surface area contributed by atoms with Crippen molar-refractivity contribution in [2.75, 3.05) is 11.4 Å². The van der Waals surface area contributed by atoms with Crippen molar-refractivity contribution in [2.24, 2.45) is 4.99 Å². The van der Waals surface area contributed by atoms with Crippen LogP contribution < -0.4 is 9.62 Å². The molecular weight excluding hydrogens is 362 g/mol. The molecule has 128 valence electrons. The molecule has 2 aromatic carbocycles. The number of anilines is 1. The molecule has 1 unspecified atom stereocenters. The Morgan fingerprint density at radius 3 is 2.76 bits per heavy atom. The van der Waals surface area contributed by atoms with E-state index in [4.69, 9.17) is 11.6 Å². The highest BCUT2D eigenvalue weighted by Gasteiger charge is 2.36. The molecule has 0 bridgehead atoms. The van der Waals surface area contributed by atoms with E-state index in [-0.39, 0.29) is 16.6 Å². The van der Waals surface area contributed by atoms with Crippen molar-refractivity contribution in [1.82, 2.24) is 4.72 Å². The second-order valence-corrected chi connectivity index (χ2v) is 7.94. The molecule has 1 atom stereocenters. The van der Waals surface area contributed by atoms with Gasteiger partial charge in [-0.05, 0) is 36.8 Å². The second-order valence-electron chi connectivity index (χ2n) is 5.85. The third-order valence-corrected chi connectivity index (χ3v) is 5.88. The number of amidine groups is 1. The maximum absolute atomic E-state index is 12.7. The fourth-order valence-electron chi connectivity index (χ4n) is 3.07. The number of aliphatic imine (C=N–C) groups is 1. The summed E-state index contributed by atoms with van der Waals surface area (Å²) in [4.78, 5) is 18.9. The number of nitrogens with one attached hydrogen (secondary N) is 1. The number of nitrogens with zero attached hydrogens (tertiary/aromatic N) is 2. The van der Waals surface area contributed by atoms with E-state index in [1.54, 1.807) is 41.3 Å². The Bertz CT molecular complexity index is 1000. The molecule has 2 heterocycles. The molecule has 0 aromatic heterocycles. The van der Waals surface area contributed by atoms with Gasteiger partial charge in [0.25, 0.3) is 15.9 Å². The van der Waals surface area contributed by atoms with E-state index in [1.165, 1.54) is 6.07 Å². The smallest absolute Gasteiger partial charge is 0.263 e. The molecule has 2 aromatic rings. The first-order valence-corrected chi connectivity index (χ1v) is 9.59. The van der Waals surface area contributed by atoms with Crippen molar-refractivity contribution in [1.29, 1.82) is 0 Å². The Balaban J connectivity index is 1.65. The van der Waals surface area contributed by atoms with Crippen LogP contribution in [0.5, 0.6) is 0 Å². The maximum atomic E-state index is 12.7. The molecule has 6 nitrogen and oxygen atoms in total. The lowest BCUT2D eigenvalue weighted by molar-refractivity contribution is -0.118. The highest BCUT2D eigenvalue weighted by Crippen LogP contribution is 2.27. The van der Waals surface area contributed by atoms with E-state index in [2.05, 4.69) is 9.71 Å². The normalized spacial score (nSPS) is 22.9. The number of fused-ring (bicyclic) bond motifs is 1. The molecule has 0 saturated carbocycles. The summed E-state index contributed by atoms with van der Waals surface area (Å²) >= 11 is 5.99. The Kier molecular flexibility index (Phi) is 3.77. The average molecular weight is 376 g/mol. The fourth-order valence-corrected chi connectivity index (χ4v) is 4.49. The highest BCUT2D eigenvalue weighted by atomic mass is 35.5. The van der Waals surface area contributed by atoms with Gasteiger partial charge in [0.1, 0.15) is 11.9 Å². The van der Waals surface area contributed by atoms with Crippen molar-refractivity contribution < 1.29 is 13.2 Å². The summed E-state index contributed by atoms with van der Waals surface area (Å²) in [5, 5.41) is 0.553. The van der Waals surface area contributed by atoms with Crippen LogP contribution in [0.1, 0.15) is 12.0 Å². The summed E-state index contributed by atoms with van der Waals surface area (Å²) < 4.78 is 26.7. The largest absolute Gasteiger partial charge is 0.310 e. The number of sulfonamides is 1. The number of carbonyl (C=O) groups excluding carboxylic acids is 1. The predicted molar refractivity (Wildman–Crippen MR) is 95.5 cm³/mol. The van der Waals surface area contributed by atoms with Crippen molar-refractivity contribution in [2.45, 2.75) is 17.4 Å². The molecule has 4 rings (SSSR count). The molecule has 2 aliphatic rings. The molecule has 25 heavy (non-hydrogen) atoms. The lowest BCUT2D eigenvalue weighted by Gasteiger charge is -2.16. The number of halogens is 1. The maximum Gasteiger partial charge on any atom is 0.263 e. The van der Waals surface area contributed by atoms with Crippen molar-refractivity contribution in [3.63, 3.8) is 0 Å². The standard InChI is InChI=1S/C17H14ClN3O3S/c18-11-4-3-5-12(10-11)21-9-8-14(17(21)22)19-16-13-6-1-2-7-15(13)25(23,24)20-16/h1-7,10,14H,8-9H2,(H,19,20). The molecule has 0 radical (unpaired) electrons. The summed E-state index contributed by atoms with van der Waals surface area (Å²) in [7, 11) is -3.61. The molecule has 2 aliphatic heterocycles. The number of hydrogen-bond donors (Lipinski definition) is 1. The fraction of sp³-hybridized carbons (Fsp3) is 0.176. The molecule has 0 aliphatic carbocycles. The number of benzene rings is 2. The number of rotatable bonds is 2. The van der Waals surface area contributed by atoms with Gasteiger partial charge in [-0.2, -0.15) is 0 Å². The van der Waals surface area contributed by atoms with Gasteiger partial charge in [-0.25, -0.2) is 8.42 Å². The van der Waals surface area contributed by atoms with Crippen LogP contribution in [0.2, 0.25) is 5.02 Å². The zero-order valence-corrected chi connectivity index (χ0v) is 14.6. The van der Waals surface area contributed by atoms with Crippen molar-refractivity contribution in [3.05, 3.63) is 59.1 Å². The SMILES string of the molecule is O=C1C(N=C2NS(=O)(=O)c3ccccc32)CCN1c1cccc(Cl)c1. The number of carbonyl (C=O) groups is 1. The van der Waals surface area contributed by atoms with E-state index in [0.29, 0.717) is 29.2 Å². The summed E-state index contributed by atoms with van der Waals surface area (Å²) in [6.45, 7) is 0.509. The molecule has 0 spiro atoms. The predicted octanol–water partition coefficient (Wildman–Crippen LogP) is 2.18. The van der Waals surface area contributed by atoms with E-state index in [0.717, 1.165) is 0 Å². The monoisotopic (exact) mass is 375 g/mol. The van der Waals surface area contributed by atoms with Gasteiger partial charge >= 0.3 is 0 Å². The van der Waals surface area contributed by atoms with E-state index in [1.807, 2.05) is 6.07 Å².